The second kappa shape index (κ2) is 7.63. The number of aromatic hydroxyl groups is 1. The lowest BCUT2D eigenvalue weighted by atomic mass is 10.2. The first-order chi connectivity index (χ1) is 12.4. The van der Waals surface area contributed by atoms with Crippen LogP contribution >= 0.6 is 23.4 Å². The zero-order valence-electron chi connectivity index (χ0n) is 13.3. The standard InChI is InChI=1S/C18H13ClN2O4S/c19-12-3-5-13(6-4-12)20-16(23)10-21-17(24)15(26-18(21)25)9-11-1-7-14(22)8-2-11/h1-9,22H,10H2,(H,20,23)/b15-9+. The van der Waals surface area contributed by atoms with Crippen molar-refractivity contribution in [2.24, 2.45) is 0 Å². The number of imide groups is 1. The highest BCUT2D eigenvalue weighted by molar-refractivity contribution is 8.18. The number of phenols is 1. The summed E-state index contributed by atoms with van der Waals surface area (Å²) in [6, 6.07) is 12.7. The number of nitrogens with one attached hydrogen (secondary N) is 1. The number of carbonyl (C=O) groups excluding carboxylic acids is 3. The van der Waals surface area contributed by atoms with Crippen molar-refractivity contribution in [3.8, 4) is 5.75 Å². The molecule has 3 rings (SSSR count). The molecule has 0 bridgehead atoms. The average molecular weight is 389 g/mol. The predicted octanol–water partition coefficient (Wildman–Crippen LogP) is 3.72. The van der Waals surface area contributed by atoms with Crippen molar-refractivity contribution in [1.82, 2.24) is 4.90 Å². The summed E-state index contributed by atoms with van der Waals surface area (Å²) in [5.41, 5.74) is 1.19. The number of nitrogens with zero attached hydrogens (tertiary/aromatic N) is 1. The van der Waals surface area contributed by atoms with Crippen molar-refractivity contribution in [2.45, 2.75) is 0 Å². The molecule has 26 heavy (non-hydrogen) atoms. The van der Waals surface area contributed by atoms with Crippen LogP contribution in [0.5, 0.6) is 5.75 Å². The number of benzene rings is 2. The van der Waals surface area contributed by atoms with Crippen LogP contribution in [-0.4, -0.2) is 33.6 Å². The molecule has 2 N–H and O–H groups in total. The molecule has 0 atom stereocenters. The molecule has 1 fully saturated rings. The Labute approximate surface area is 158 Å². The summed E-state index contributed by atoms with van der Waals surface area (Å²) >= 11 is 6.55. The van der Waals surface area contributed by atoms with Crippen LogP contribution in [0.1, 0.15) is 5.56 Å². The van der Waals surface area contributed by atoms with Gasteiger partial charge in [0.15, 0.2) is 0 Å². The summed E-state index contributed by atoms with van der Waals surface area (Å²) in [6.45, 7) is -0.375. The molecule has 0 radical (unpaired) electrons. The van der Waals surface area contributed by atoms with Crippen molar-refractivity contribution in [3.63, 3.8) is 0 Å². The van der Waals surface area contributed by atoms with Gasteiger partial charge in [0.1, 0.15) is 12.3 Å². The van der Waals surface area contributed by atoms with E-state index in [9.17, 15) is 19.5 Å². The molecule has 1 aliphatic heterocycles. The van der Waals surface area contributed by atoms with E-state index in [1.165, 1.54) is 12.1 Å². The first kappa shape index (κ1) is 18.0. The third kappa shape index (κ3) is 4.25. The van der Waals surface area contributed by atoms with Gasteiger partial charge >= 0.3 is 0 Å². The summed E-state index contributed by atoms with van der Waals surface area (Å²) in [4.78, 5) is 37.7. The van der Waals surface area contributed by atoms with Crippen molar-refractivity contribution in [3.05, 3.63) is 64.0 Å². The van der Waals surface area contributed by atoms with Gasteiger partial charge in [-0.1, -0.05) is 23.7 Å². The van der Waals surface area contributed by atoms with Crippen molar-refractivity contribution >= 4 is 52.2 Å². The lowest BCUT2D eigenvalue weighted by molar-refractivity contribution is -0.127. The van der Waals surface area contributed by atoms with E-state index in [-0.39, 0.29) is 17.2 Å². The molecule has 2 aromatic carbocycles. The number of thioether (sulfide) groups is 1. The van der Waals surface area contributed by atoms with Crippen LogP contribution in [0.25, 0.3) is 6.08 Å². The molecule has 0 aromatic heterocycles. The monoisotopic (exact) mass is 388 g/mol. The Balaban J connectivity index is 1.67. The van der Waals surface area contributed by atoms with Gasteiger partial charge in [-0.25, -0.2) is 0 Å². The molecule has 1 saturated heterocycles. The topological polar surface area (TPSA) is 86.7 Å². The van der Waals surface area contributed by atoms with E-state index in [1.807, 2.05) is 0 Å². The zero-order chi connectivity index (χ0) is 18.7. The Morgan fingerprint density at radius 2 is 1.77 bits per heavy atom. The molecule has 3 amide bonds. The molecule has 1 aliphatic rings. The van der Waals surface area contributed by atoms with E-state index < -0.39 is 17.1 Å². The molecule has 8 heteroatoms. The maximum Gasteiger partial charge on any atom is 0.294 e. The van der Waals surface area contributed by atoms with Crippen LogP contribution in [0.4, 0.5) is 10.5 Å². The molecular weight excluding hydrogens is 376 g/mol. The molecule has 6 nitrogen and oxygen atoms in total. The number of carbonyl (C=O) groups is 3. The smallest absolute Gasteiger partial charge is 0.294 e. The minimum absolute atomic E-state index is 0.106. The van der Waals surface area contributed by atoms with Gasteiger partial charge in [0.05, 0.1) is 4.91 Å². The van der Waals surface area contributed by atoms with Gasteiger partial charge in [-0.2, -0.15) is 0 Å². The van der Waals surface area contributed by atoms with Gasteiger partial charge in [-0.15, -0.1) is 0 Å². The van der Waals surface area contributed by atoms with Gasteiger partial charge in [0, 0.05) is 10.7 Å². The Morgan fingerprint density at radius 3 is 2.42 bits per heavy atom. The fourth-order valence-corrected chi connectivity index (χ4v) is 3.20. The third-order valence-corrected chi connectivity index (χ3v) is 4.65. The van der Waals surface area contributed by atoms with Crippen LogP contribution in [0, 0.1) is 0 Å². The lowest BCUT2D eigenvalue weighted by Gasteiger charge is -2.12. The highest BCUT2D eigenvalue weighted by Crippen LogP contribution is 2.32. The fourth-order valence-electron chi connectivity index (χ4n) is 2.24. The number of halogens is 1. The van der Waals surface area contributed by atoms with E-state index in [0.29, 0.717) is 16.3 Å². The zero-order valence-corrected chi connectivity index (χ0v) is 14.9. The van der Waals surface area contributed by atoms with Crippen LogP contribution < -0.4 is 5.32 Å². The second-order valence-electron chi connectivity index (χ2n) is 5.41. The van der Waals surface area contributed by atoms with Gasteiger partial charge in [-0.3, -0.25) is 19.3 Å². The minimum atomic E-state index is -0.528. The van der Waals surface area contributed by atoms with Crippen molar-refractivity contribution in [1.29, 1.82) is 0 Å². The van der Waals surface area contributed by atoms with Gasteiger partial charge < -0.3 is 10.4 Å². The molecule has 132 valence electrons. The Hall–Kier alpha value is -2.77. The maximum absolute atomic E-state index is 12.4. The quantitative estimate of drug-likeness (QED) is 0.779. The largest absolute Gasteiger partial charge is 0.508 e. The number of phenolic OH excluding ortho intramolecular Hbond substituents is 1. The first-order valence-electron chi connectivity index (χ1n) is 7.52. The molecule has 0 unspecified atom stereocenters. The lowest BCUT2D eigenvalue weighted by Crippen LogP contribution is -2.36. The van der Waals surface area contributed by atoms with E-state index in [0.717, 1.165) is 16.7 Å². The normalized spacial score (nSPS) is 15.6. The Kier molecular flexibility index (Phi) is 5.29. The predicted molar refractivity (Wildman–Crippen MR) is 101 cm³/mol. The number of amides is 3. The summed E-state index contributed by atoms with van der Waals surface area (Å²) < 4.78 is 0. The van der Waals surface area contributed by atoms with Crippen molar-refractivity contribution < 1.29 is 19.5 Å². The van der Waals surface area contributed by atoms with Crippen LogP contribution in [0.2, 0.25) is 5.02 Å². The van der Waals surface area contributed by atoms with Gasteiger partial charge in [-0.05, 0) is 59.8 Å². The van der Waals surface area contributed by atoms with E-state index in [2.05, 4.69) is 5.32 Å². The number of hydrogen-bond acceptors (Lipinski definition) is 5. The summed E-state index contributed by atoms with van der Waals surface area (Å²) in [7, 11) is 0. The van der Waals surface area contributed by atoms with E-state index in [1.54, 1.807) is 42.5 Å². The SMILES string of the molecule is O=C(CN1C(=O)S/C(=C/c2ccc(O)cc2)C1=O)Nc1ccc(Cl)cc1. The second-order valence-corrected chi connectivity index (χ2v) is 6.84. The molecular formula is C18H13ClN2O4S. The molecule has 2 aromatic rings. The minimum Gasteiger partial charge on any atom is -0.508 e. The summed E-state index contributed by atoms with van der Waals surface area (Å²) in [5.74, 6) is -0.908. The van der Waals surface area contributed by atoms with Crippen LogP contribution in [0.3, 0.4) is 0 Å². The van der Waals surface area contributed by atoms with E-state index >= 15 is 0 Å². The molecule has 0 spiro atoms. The summed E-state index contributed by atoms with van der Waals surface area (Å²) in [6.07, 6.45) is 1.54. The molecule has 0 saturated carbocycles. The van der Waals surface area contributed by atoms with Crippen molar-refractivity contribution in [2.75, 3.05) is 11.9 Å². The number of anilines is 1. The third-order valence-electron chi connectivity index (χ3n) is 3.49. The number of hydrogen-bond donors (Lipinski definition) is 2. The first-order valence-corrected chi connectivity index (χ1v) is 8.71. The molecule has 1 heterocycles. The highest BCUT2D eigenvalue weighted by Gasteiger charge is 2.36. The van der Waals surface area contributed by atoms with Crippen LogP contribution in [-0.2, 0) is 9.59 Å². The Bertz CT molecular complexity index is 894. The van der Waals surface area contributed by atoms with Gasteiger partial charge in [0.2, 0.25) is 5.91 Å². The van der Waals surface area contributed by atoms with E-state index in [4.69, 9.17) is 11.6 Å². The average Bonchev–Trinajstić information content (AvgIpc) is 2.86. The Morgan fingerprint density at radius 1 is 1.12 bits per heavy atom. The van der Waals surface area contributed by atoms with Crippen LogP contribution in [0.15, 0.2) is 53.4 Å². The summed E-state index contributed by atoms with van der Waals surface area (Å²) in [5, 5.41) is 11.9. The fraction of sp³-hybridized carbons (Fsp3) is 0.0556. The maximum atomic E-state index is 12.4. The highest BCUT2D eigenvalue weighted by atomic mass is 35.5. The number of rotatable bonds is 4. The van der Waals surface area contributed by atoms with Gasteiger partial charge in [0.25, 0.3) is 11.1 Å². The molecule has 0 aliphatic carbocycles.